The predicted octanol–water partition coefficient (Wildman–Crippen LogP) is 1.71. The highest BCUT2D eigenvalue weighted by Gasteiger charge is 2.29. The molecule has 0 aliphatic carbocycles. The monoisotopic (exact) mass is 275 g/mol. The van der Waals surface area contributed by atoms with E-state index in [4.69, 9.17) is 9.15 Å². The van der Waals surface area contributed by atoms with Crippen LogP contribution in [0.15, 0.2) is 35.3 Å². The first-order chi connectivity index (χ1) is 9.79. The van der Waals surface area contributed by atoms with E-state index in [1.165, 1.54) is 12.5 Å². The Bertz CT molecular complexity index is 576. The number of furan rings is 1. The van der Waals surface area contributed by atoms with Crippen LogP contribution >= 0.6 is 0 Å². The Labute approximate surface area is 116 Å². The second-order valence-corrected chi connectivity index (χ2v) is 4.90. The number of ether oxygens (including phenoxy) is 1. The highest BCUT2D eigenvalue weighted by Crippen LogP contribution is 2.24. The minimum atomic E-state index is -0.00591. The molecule has 106 valence electrons. The van der Waals surface area contributed by atoms with Crippen molar-refractivity contribution in [3.63, 3.8) is 0 Å². The lowest BCUT2D eigenvalue weighted by molar-refractivity contribution is 0.0640. The minimum absolute atomic E-state index is 0.00591. The van der Waals surface area contributed by atoms with Crippen LogP contribution in [-0.4, -0.2) is 40.8 Å². The quantitative estimate of drug-likeness (QED) is 0.852. The molecule has 1 aliphatic rings. The summed E-state index contributed by atoms with van der Waals surface area (Å²) < 4.78 is 12.1. The van der Waals surface area contributed by atoms with Gasteiger partial charge in [0, 0.05) is 26.5 Å². The van der Waals surface area contributed by atoms with Crippen molar-refractivity contribution in [2.45, 2.75) is 19.0 Å². The molecule has 1 atom stereocenters. The van der Waals surface area contributed by atoms with Crippen LogP contribution in [0.3, 0.4) is 0 Å². The van der Waals surface area contributed by atoms with Crippen molar-refractivity contribution in [1.82, 2.24) is 14.7 Å². The molecule has 0 bridgehead atoms. The molecule has 1 amide bonds. The summed E-state index contributed by atoms with van der Waals surface area (Å²) >= 11 is 0. The van der Waals surface area contributed by atoms with E-state index in [0.717, 1.165) is 12.1 Å². The zero-order valence-corrected chi connectivity index (χ0v) is 11.4. The largest absolute Gasteiger partial charge is 0.472 e. The van der Waals surface area contributed by atoms with Crippen LogP contribution in [0.4, 0.5) is 0 Å². The van der Waals surface area contributed by atoms with Gasteiger partial charge in [0.25, 0.3) is 5.91 Å². The van der Waals surface area contributed by atoms with Crippen molar-refractivity contribution in [3.8, 4) is 0 Å². The fraction of sp³-hybridized carbons (Fsp3) is 0.429. The van der Waals surface area contributed by atoms with Crippen LogP contribution in [0.1, 0.15) is 28.5 Å². The van der Waals surface area contributed by atoms with Gasteiger partial charge < -0.3 is 14.1 Å². The average Bonchev–Trinajstić information content (AvgIpc) is 3.14. The molecule has 6 nitrogen and oxygen atoms in total. The lowest BCUT2D eigenvalue weighted by atomic mass is 10.1. The third kappa shape index (κ3) is 2.34. The third-order valence-electron chi connectivity index (χ3n) is 3.59. The maximum Gasteiger partial charge on any atom is 0.257 e. The molecule has 0 aromatic carbocycles. The van der Waals surface area contributed by atoms with E-state index >= 15 is 0 Å². The minimum Gasteiger partial charge on any atom is -0.472 e. The van der Waals surface area contributed by atoms with Gasteiger partial charge in [-0.25, -0.2) is 0 Å². The van der Waals surface area contributed by atoms with Gasteiger partial charge in [-0.1, -0.05) is 0 Å². The zero-order chi connectivity index (χ0) is 13.9. The maximum atomic E-state index is 12.4. The van der Waals surface area contributed by atoms with Gasteiger partial charge in [0.15, 0.2) is 0 Å². The predicted molar refractivity (Wildman–Crippen MR) is 71.2 cm³/mol. The van der Waals surface area contributed by atoms with E-state index in [9.17, 15) is 4.79 Å². The van der Waals surface area contributed by atoms with E-state index < -0.39 is 0 Å². The number of carbonyl (C=O) groups excluding carboxylic acids is 1. The van der Waals surface area contributed by atoms with Crippen molar-refractivity contribution < 1.29 is 13.9 Å². The molecule has 2 aromatic rings. The summed E-state index contributed by atoms with van der Waals surface area (Å²) in [6.07, 6.45) is 5.61. The van der Waals surface area contributed by atoms with E-state index in [1.54, 1.807) is 19.4 Å². The van der Waals surface area contributed by atoms with Crippen molar-refractivity contribution in [2.24, 2.45) is 0 Å². The second kappa shape index (κ2) is 5.50. The third-order valence-corrected chi connectivity index (χ3v) is 3.59. The lowest BCUT2D eigenvalue weighted by Gasteiger charge is -2.33. The Kier molecular flexibility index (Phi) is 3.56. The number of rotatable bonds is 4. The van der Waals surface area contributed by atoms with Crippen molar-refractivity contribution in [2.75, 3.05) is 20.3 Å². The highest BCUT2D eigenvalue weighted by atomic mass is 16.5. The van der Waals surface area contributed by atoms with E-state index in [0.29, 0.717) is 25.3 Å². The standard InChI is InChI=1S/C14H17N3O3/c1-19-6-4-13-9-16(8-12-2-5-15-17(12)13)14(18)11-3-7-20-10-11/h2-3,5,7,10,13H,4,6,8-9H2,1H3/t13-/m1/s1. The van der Waals surface area contributed by atoms with Crippen molar-refractivity contribution >= 4 is 5.91 Å². The zero-order valence-electron chi connectivity index (χ0n) is 11.4. The van der Waals surface area contributed by atoms with Crippen LogP contribution < -0.4 is 0 Å². The molecule has 3 heterocycles. The summed E-state index contributed by atoms with van der Waals surface area (Å²) in [5, 5.41) is 4.35. The van der Waals surface area contributed by atoms with Gasteiger partial charge in [-0.3, -0.25) is 9.48 Å². The Hall–Kier alpha value is -2.08. The summed E-state index contributed by atoms with van der Waals surface area (Å²) in [4.78, 5) is 14.3. The van der Waals surface area contributed by atoms with E-state index in [-0.39, 0.29) is 11.9 Å². The molecule has 1 aliphatic heterocycles. The molecule has 0 N–H and O–H groups in total. The number of hydrogen-bond acceptors (Lipinski definition) is 4. The molecule has 0 fully saturated rings. The molecule has 0 saturated carbocycles. The van der Waals surface area contributed by atoms with Gasteiger partial charge in [-0.15, -0.1) is 0 Å². The molecule has 2 aromatic heterocycles. The topological polar surface area (TPSA) is 60.5 Å². The number of amides is 1. The summed E-state index contributed by atoms with van der Waals surface area (Å²) in [6, 6.07) is 3.80. The number of hydrogen-bond donors (Lipinski definition) is 0. The normalized spacial score (nSPS) is 18.1. The average molecular weight is 275 g/mol. The highest BCUT2D eigenvalue weighted by molar-refractivity contribution is 5.93. The first-order valence-electron chi connectivity index (χ1n) is 6.62. The van der Waals surface area contributed by atoms with Crippen LogP contribution in [0, 0.1) is 0 Å². The van der Waals surface area contributed by atoms with Crippen LogP contribution in [0.5, 0.6) is 0 Å². The van der Waals surface area contributed by atoms with Crippen molar-refractivity contribution in [1.29, 1.82) is 0 Å². The fourth-order valence-electron chi connectivity index (χ4n) is 2.58. The Morgan fingerprint density at radius 3 is 3.20 bits per heavy atom. The smallest absolute Gasteiger partial charge is 0.257 e. The molecule has 20 heavy (non-hydrogen) atoms. The summed E-state index contributed by atoms with van der Waals surface area (Å²) in [7, 11) is 1.68. The maximum absolute atomic E-state index is 12.4. The lowest BCUT2D eigenvalue weighted by Crippen LogP contribution is -2.41. The van der Waals surface area contributed by atoms with Gasteiger partial charge in [-0.2, -0.15) is 5.10 Å². The van der Waals surface area contributed by atoms with Gasteiger partial charge >= 0.3 is 0 Å². The fourth-order valence-corrected chi connectivity index (χ4v) is 2.58. The Balaban J connectivity index is 1.80. The number of carbonyl (C=O) groups is 1. The number of fused-ring (bicyclic) bond motifs is 1. The first kappa shape index (κ1) is 12.9. The van der Waals surface area contributed by atoms with Crippen LogP contribution in [0.2, 0.25) is 0 Å². The van der Waals surface area contributed by atoms with Crippen molar-refractivity contribution in [3.05, 3.63) is 42.1 Å². The van der Waals surface area contributed by atoms with Gasteiger partial charge in [-0.05, 0) is 18.6 Å². The molecule has 0 spiro atoms. The van der Waals surface area contributed by atoms with Crippen LogP contribution in [0.25, 0.3) is 0 Å². The SMILES string of the molecule is COCC[C@@H]1CN(C(=O)c2ccoc2)Cc2ccnn21. The Morgan fingerprint density at radius 2 is 2.45 bits per heavy atom. The molecule has 3 rings (SSSR count). The molecular formula is C14H17N3O3. The summed E-state index contributed by atoms with van der Waals surface area (Å²) in [6.45, 7) is 1.87. The first-order valence-corrected chi connectivity index (χ1v) is 6.62. The Morgan fingerprint density at radius 1 is 1.55 bits per heavy atom. The van der Waals surface area contributed by atoms with E-state index in [2.05, 4.69) is 5.10 Å². The van der Waals surface area contributed by atoms with Gasteiger partial charge in [0.1, 0.15) is 6.26 Å². The van der Waals surface area contributed by atoms with Crippen LogP contribution in [-0.2, 0) is 11.3 Å². The second-order valence-electron chi connectivity index (χ2n) is 4.90. The van der Waals surface area contributed by atoms with Gasteiger partial charge in [0.2, 0.25) is 0 Å². The van der Waals surface area contributed by atoms with E-state index in [1.807, 2.05) is 15.6 Å². The summed E-state index contributed by atoms with van der Waals surface area (Å²) in [5.74, 6) is -0.00591. The molecule has 0 unspecified atom stereocenters. The molecule has 6 heteroatoms. The number of aromatic nitrogens is 2. The molecular weight excluding hydrogens is 258 g/mol. The summed E-state index contributed by atoms with van der Waals surface area (Å²) in [5.41, 5.74) is 1.64. The molecule has 0 saturated heterocycles. The number of methoxy groups -OCH3 is 1. The number of nitrogens with zero attached hydrogens (tertiary/aromatic N) is 3. The molecule has 0 radical (unpaired) electrons. The van der Waals surface area contributed by atoms with Gasteiger partial charge in [0.05, 0.1) is 30.1 Å².